The molecule has 4 nitrogen and oxygen atoms in total. The molecule has 1 N–H and O–H groups in total. The number of likely N-dealkylation sites (tertiary alicyclic amines) is 1. The Hall–Kier alpha value is -1.55. The maximum absolute atomic E-state index is 12.2. The second-order valence-electron chi connectivity index (χ2n) is 4.44. The van der Waals surface area contributed by atoms with Crippen LogP contribution in [0.4, 0.5) is 0 Å². The second-order valence-corrected chi connectivity index (χ2v) is 4.88. The fraction of sp³-hybridized carbons (Fsp3) is 0.385. The molecule has 0 spiro atoms. The van der Waals surface area contributed by atoms with Crippen LogP contribution in [-0.4, -0.2) is 35.0 Å². The summed E-state index contributed by atoms with van der Waals surface area (Å²) < 4.78 is 0. The molecule has 0 aromatic heterocycles. The molecule has 0 unspecified atom stereocenters. The second kappa shape index (κ2) is 5.40. The van der Waals surface area contributed by atoms with Crippen molar-refractivity contribution in [1.82, 2.24) is 4.90 Å². The molecule has 1 aromatic rings. The molecule has 2 rings (SSSR count). The van der Waals surface area contributed by atoms with E-state index in [4.69, 9.17) is 16.7 Å². The van der Waals surface area contributed by atoms with Gasteiger partial charge in [0, 0.05) is 23.7 Å². The average molecular weight is 268 g/mol. The van der Waals surface area contributed by atoms with E-state index in [1.807, 2.05) is 0 Å². The molecule has 1 aromatic carbocycles. The molecule has 1 atom stereocenters. The fourth-order valence-corrected chi connectivity index (χ4v) is 2.36. The summed E-state index contributed by atoms with van der Waals surface area (Å²) in [6, 6.07) is 6.72. The van der Waals surface area contributed by atoms with Crippen LogP contribution in [0.25, 0.3) is 0 Å². The van der Waals surface area contributed by atoms with Crippen molar-refractivity contribution in [3.05, 3.63) is 34.9 Å². The van der Waals surface area contributed by atoms with Gasteiger partial charge in [0.2, 0.25) is 0 Å². The zero-order valence-corrected chi connectivity index (χ0v) is 10.6. The van der Waals surface area contributed by atoms with E-state index in [2.05, 4.69) is 0 Å². The molecule has 0 aliphatic carbocycles. The lowest BCUT2D eigenvalue weighted by Crippen LogP contribution is -2.42. The Bertz CT molecular complexity index is 475. The van der Waals surface area contributed by atoms with Crippen LogP contribution in [0.2, 0.25) is 5.02 Å². The number of piperidine rings is 1. The van der Waals surface area contributed by atoms with E-state index in [0.29, 0.717) is 23.6 Å². The summed E-state index contributed by atoms with van der Waals surface area (Å²) >= 11 is 5.84. The third-order valence-electron chi connectivity index (χ3n) is 3.13. The Kier molecular flexibility index (Phi) is 3.87. The number of hydrogen-bond acceptors (Lipinski definition) is 2. The van der Waals surface area contributed by atoms with Crippen molar-refractivity contribution in [1.29, 1.82) is 0 Å². The van der Waals surface area contributed by atoms with Gasteiger partial charge in [0.05, 0.1) is 5.92 Å². The Labute approximate surface area is 110 Å². The SMILES string of the molecule is O=C(O)[C@H]1CCCN(C(=O)c2cccc(Cl)c2)C1. The average Bonchev–Trinajstić information content (AvgIpc) is 2.38. The Balaban J connectivity index is 2.11. The number of benzene rings is 1. The lowest BCUT2D eigenvalue weighted by atomic mass is 9.97. The summed E-state index contributed by atoms with van der Waals surface area (Å²) in [6.07, 6.45) is 1.36. The maximum Gasteiger partial charge on any atom is 0.308 e. The van der Waals surface area contributed by atoms with Crippen LogP contribution in [0, 0.1) is 5.92 Å². The molecule has 0 bridgehead atoms. The third kappa shape index (κ3) is 2.82. The van der Waals surface area contributed by atoms with E-state index in [9.17, 15) is 9.59 Å². The van der Waals surface area contributed by atoms with Gasteiger partial charge in [-0.3, -0.25) is 9.59 Å². The Morgan fingerprint density at radius 3 is 2.83 bits per heavy atom. The summed E-state index contributed by atoms with van der Waals surface area (Å²) in [7, 11) is 0. The molecule has 0 radical (unpaired) electrons. The first kappa shape index (κ1) is 12.9. The summed E-state index contributed by atoms with van der Waals surface area (Å²) in [6.45, 7) is 0.885. The molecule has 96 valence electrons. The number of halogens is 1. The minimum atomic E-state index is -0.835. The van der Waals surface area contributed by atoms with Gasteiger partial charge in [-0.15, -0.1) is 0 Å². The van der Waals surface area contributed by atoms with Crippen LogP contribution in [0.15, 0.2) is 24.3 Å². The minimum Gasteiger partial charge on any atom is -0.481 e. The number of carbonyl (C=O) groups is 2. The zero-order valence-electron chi connectivity index (χ0n) is 9.80. The van der Waals surface area contributed by atoms with Gasteiger partial charge in [-0.2, -0.15) is 0 Å². The van der Waals surface area contributed by atoms with Crippen molar-refractivity contribution in [3.8, 4) is 0 Å². The quantitative estimate of drug-likeness (QED) is 0.894. The number of hydrogen-bond donors (Lipinski definition) is 1. The number of rotatable bonds is 2. The maximum atomic E-state index is 12.2. The normalized spacial score (nSPS) is 19.6. The van der Waals surface area contributed by atoms with Gasteiger partial charge in [-0.05, 0) is 31.0 Å². The van der Waals surface area contributed by atoms with Crippen LogP contribution in [0.1, 0.15) is 23.2 Å². The molecular formula is C13H14ClNO3. The third-order valence-corrected chi connectivity index (χ3v) is 3.36. The highest BCUT2D eigenvalue weighted by molar-refractivity contribution is 6.30. The van der Waals surface area contributed by atoms with E-state index < -0.39 is 11.9 Å². The smallest absolute Gasteiger partial charge is 0.308 e. The summed E-state index contributed by atoms with van der Waals surface area (Å²) in [5.74, 6) is -1.44. The first-order valence-electron chi connectivity index (χ1n) is 5.85. The molecular weight excluding hydrogens is 254 g/mol. The van der Waals surface area contributed by atoms with Gasteiger partial charge in [-0.25, -0.2) is 0 Å². The number of nitrogens with zero attached hydrogens (tertiary/aromatic N) is 1. The lowest BCUT2D eigenvalue weighted by Gasteiger charge is -2.30. The molecule has 1 heterocycles. The van der Waals surface area contributed by atoms with Gasteiger partial charge >= 0.3 is 5.97 Å². The minimum absolute atomic E-state index is 0.150. The number of amides is 1. The highest BCUT2D eigenvalue weighted by Gasteiger charge is 2.28. The lowest BCUT2D eigenvalue weighted by molar-refractivity contribution is -0.143. The van der Waals surface area contributed by atoms with Crippen molar-refractivity contribution in [2.75, 3.05) is 13.1 Å². The largest absolute Gasteiger partial charge is 0.481 e. The van der Waals surface area contributed by atoms with Gasteiger partial charge in [0.25, 0.3) is 5.91 Å². The van der Waals surface area contributed by atoms with Crippen molar-refractivity contribution in [2.45, 2.75) is 12.8 Å². The predicted molar refractivity (Wildman–Crippen MR) is 67.7 cm³/mol. The first-order valence-corrected chi connectivity index (χ1v) is 6.23. The highest BCUT2D eigenvalue weighted by Crippen LogP contribution is 2.20. The van der Waals surface area contributed by atoms with Crippen LogP contribution in [0.5, 0.6) is 0 Å². The van der Waals surface area contributed by atoms with E-state index in [-0.39, 0.29) is 12.5 Å². The fourth-order valence-electron chi connectivity index (χ4n) is 2.17. The molecule has 1 aliphatic rings. The number of carbonyl (C=O) groups excluding carboxylic acids is 1. The van der Waals surface area contributed by atoms with Gasteiger partial charge in [0.1, 0.15) is 0 Å². The van der Waals surface area contributed by atoms with E-state index in [1.54, 1.807) is 29.2 Å². The number of carboxylic acid groups (broad SMARTS) is 1. The number of aliphatic carboxylic acids is 1. The molecule has 1 aliphatic heterocycles. The topological polar surface area (TPSA) is 57.6 Å². The summed E-state index contributed by atoms with van der Waals surface area (Å²) in [4.78, 5) is 24.7. The van der Waals surface area contributed by atoms with Crippen molar-refractivity contribution >= 4 is 23.5 Å². The van der Waals surface area contributed by atoms with Crippen LogP contribution >= 0.6 is 11.6 Å². The van der Waals surface area contributed by atoms with E-state index in [1.165, 1.54) is 0 Å². The van der Waals surface area contributed by atoms with E-state index >= 15 is 0 Å². The van der Waals surface area contributed by atoms with Crippen molar-refractivity contribution < 1.29 is 14.7 Å². The predicted octanol–water partition coefficient (Wildman–Crippen LogP) is 2.28. The monoisotopic (exact) mass is 267 g/mol. The van der Waals surface area contributed by atoms with Gasteiger partial charge in [0.15, 0.2) is 0 Å². The molecule has 5 heteroatoms. The van der Waals surface area contributed by atoms with Crippen molar-refractivity contribution in [2.24, 2.45) is 5.92 Å². The number of carboxylic acids is 1. The Morgan fingerprint density at radius 2 is 2.17 bits per heavy atom. The molecule has 18 heavy (non-hydrogen) atoms. The van der Waals surface area contributed by atoms with Gasteiger partial charge in [-0.1, -0.05) is 17.7 Å². The van der Waals surface area contributed by atoms with E-state index in [0.717, 1.165) is 6.42 Å². The van der Waals surface area contributed by atoms with Crippen LogP contribution < -0.4 is 0 Å². The zero-order chi connectivity index (χ0) is 13.1. The van der Waals surface area contributed by atoms with Crippen molar-refractivity contribution in [3.63, 3.8) is 0 Å². The first-order chi connectivity index (χ1) is 8.58. The molecule has 0 saturated carbocycles. The van der Waals surface area contributed by atoms with Gasteiger partial charge < -0.3 is 10.0 Å². The van der Waals surface area contributed by atoms with Crippen LogP contribution in [0.3, 0.4) is 0 Å². The summed E-state index contributed by atoms with van der Waals surface area (Å²) in [5, 5.41) is 9.50. The van der Waals surface area contributed by atoms with Crippen LogP contribution in [-0.2, 0) is 4.79 Å². The Morgan fingerprint density at radius 1 is 1.39 bits per heavy atom. The molecule has 1 amide bonds. The molecule has 1 saturated heterocycles. The molecule has 1 fully saturated rings. The highest BCUT2D eigenvalue weighted by atomic mass is 35.5. The standard InChI is InChI=1S/C13H14ClNO3/c14-11-5-1-3-9(7-11)12(16)15-6-2-4-10(8-15)13(17)18/h1,3,5,7,10H,2,4,6,8H2,(H,17,18)/t10-/m0/s1. The summed E-state index contributed by atoms with van der Waals surface area (Å²) in [5.41, 5.74) is 0.508.